The Hall–Kier alpha value is -3.49. The van der Waals surface area contributed by atoms with Crippen molar-refractivity contribution in [2.45, 2.75) is 38.8 Å². The van der Waals surface area contributed by atoms with E-state index in [4.69, 9.17) is 9.47 Å². The van der Waals surface area contributed by atoms with Crippen molar-refractivity contribution in [3.8, 4) is 0 Å². The van der Waals surface area contributed by atoms with Gasteiger partial charge in [0.25, 0.3) is 0 Å². The minimum Gasteiger partial charge on any atom is -0.465 e. The van der Waals surface area contributed by atoms with Gasteiger partial charge in [-0.15, -0.1) is 0 Å². The lowest BCUT2D eigenvalue weighted by Crippen LogP contribution is -2.52. The average molecular weight is 475 g/mol. The standard InChI is InChI=1S/C25H28F2N2O5/c1-25(2,3)34-24(32)29(12-18-8-9-20(26)11-21(18)27)15-22(30)28-13-19(14-28)16-6-5-7-17(10-16)23(31)33-4/h5-11,19H,12-15H2,1-4H3. The number of likely N-dealkylation sites (tertiary alicyclic amines) is 1. The zero-order valence-electron chi connectivity index (χ0n) is 19.6. The summed E-state index contributed by atoms with van der Waals surface area (Å²) in [6, 6.07) is 10.1. The van der Waals surface area contributed by atoms with Crippen molar-refractivity contribution in [1.29, 1.82) is 0 Å². The molecule has 1 aliphatic heterocycles. The molecule has 0 aliphatic carbocycles. The predicted octanol–water partition coefficient (Wildman–Crippen LogP) is 4.11. The number of carbonyl (C=O) groups is 3. The highest BCUT2D eigenvalue weighted by molar-refractivity contribution is 5.89. The Labute approximate surface area is 197 Å². The van der Waals surface area contributed by atoms with Gasteiger partial charge in [-0.3, -0.25) is 9.69 Å². The normalized spacial score (nSPS) is 13.8. The van der Waals surface area contributed by atoms with Crippen LogP contribution in [-0.4, -0.2) is 60.1 Å². The van der Waals surface area contributed by atoms with Gasteiger partial charge in [-0.25, -0.2) is 18.4 Å². The SMILES string of the molecule is COC(=O)c1cccc(C2CN(C(=O)CN(Cc3ccc(F)cc3F)C(=O)OC(C)(C)C)C2)c1. The Morgan fingerprint density at radius 2 is 1.79 bits per heavy atom. The van der Waals surface area contributed by atoms with E-state index in [9.17, 15) is 23.2 Å². The average Bonchev–Trinajstić information content (AvgIpc) is 2.72. The molecule has 0 bridgehead atoms. The molecule has 0 radical (unpaired) electrons. The van der Waals surface area contributed by atoms with Crippen LogP contribution in [0.2, 0.25) is 0 Å². The van der Waals surface area contributed by atoms with Gasteiger partial charge in [0.2, 0.25) is 5.91 Å². The van der Waals surface area contributed by atoms with Gasteiger partial charge in [0, 0.05) is 30.6 Å². The smallest absolute Gasteiger partial charge is 0.411 e. The highest BCUT2D eigenvalue weighted by Crippen LogP contribution is 2.28. The lowest BCUT2D eigenvalue weighted by atomic mass is 9.90. The van der Waals surface area contributed by atoms with Crippen molar-refractivity contribution in [3.63, 3.8) is 0 Å². The largest absolute Gasteiger partial charge is 0.465 e. The number of esters is 1. The van der Waals surface area contributed by atoms with Gasteiger partial charge in [-0.1, -0.05) is 18.2 Å². The molecule has 0 aromatic heterocycles. The van der Waals surface area contributed by atoms with Crippen LogP contribution in [0, 0.1) is 11.6 Å². The van der Waals surface area contributed by atoms with Gasteiger partial charge in [0.1, 0.15) is 23.8 Å². The summed E-state index contributed by atoms with van der Waals surface area (Å²) < 4.78 is 37.6. The van der Waals surface area contributed by atoms with Crippen LogP contribution in [-0.2, 0) is 20.8 Å². The number of ether oxygens (including phenoxy) is 2. The van der Waals surface area contributed by atoms with E-state index in [0.29, 0.717) is 18.7 Å². The molecule has 9 heteroatoms. The third-order valence-electron chi connectivity index (χ3n) is 5.37. The first kappa shape index (κ1) is 25.1. The lowest BCUT2D eigenvalue weighted by Gasteiger charge is -2.40. The van der Waals surface area contributed by atoms with Gasteiger partial charge in [0.05, 0.1) is 19.2 Å². The second-order valence-electron chi connectivity index (χ2n) is 9.18. The first-order chi connectivity index (χ1) is 16.0. The lowest BCUT2D eigenvalue weighted by molar-refractivity contribution is -0.137. The molecule has 0 atom stereocenters. The Bertz CT molecular complexity index is 1080. The topological polar surface area (TPSA) is 76.2 Å². The molecule has 3 rings (SSSR count). The fourth-order valence-electron chi connectivity index (χ4n) is 3.56. The van der Waals surface area contributed by atoms with Crippen molar-refractivity contribution in [2.75, 3.05) is 26.7 Å². The Balaban J connectivity index is 1.67. The molecule has 0 N–H and O–H groups in total. The fraction of sp³-hybridized carbons (Fsp3) is 0.400. The Kier molecular flexibility index (Phi) is 7.54. The minimum absolute atomic E-state index is 0.0399. The third kappa shape index (κ3) is 6.30. The van der Waals surface area contributed by atoms with Crippen molar-refractivity contribution >= 4 is 18.0 Å². The van der Waals surface area contributed by atoms with Crippen LogP contribution in [0.3, 0.4) is 0 Å². The number of amides is 2. The molecule has 1 heterocycles. The van der Waals surface area contributed by atoms with Crippen molar-refractivity contribution in [3.05, 3.63) is 70.8 Å². The molecule has 7 nitrogen and oxygen atoms in total. The van der Waals surface area contributed by atoms with E-state index in [-0.39, 0.29) is 30.5 Å². The Morgan fingerprint density at radius 1 is 1.09 bits per heavy atom. The molecule has 0 saturated carbocycles. The molecule has 2 aromatic rings. The minimum atomic E-state index is -0.813. The maximum absolute atomic E-state index is 14.2. The number of hydrogen-bond donors (Lipinski definition) is 0. The van der Waals surface area contributed by atoms with E-state index in [2.05, 4.69) is 0 Å². The molecule has 1 aliphatic rings. The van der Waals surface area contributed by atoms with E-state index in [1.165, 1.54) is 13.2 Å². The quantitative estimate of drug-likeness (QED) is 0.589. The van der Waals surface area contributed by atoms with Crippen LogP contribution in [0.15, 0.2) is 42.5 Å². The van der Waals surface area contributed by atoms with Gasteiger partial charge in [-0.05, 0) is 44.5 Å². The maximum Gasteiger partial charge on any atom is 0.411 e. The summed E-state index contributed by atoms with van der Waals surface area (Å²) in [4.78, 5) is 40.0. The van der Waals surface area contributed by atoms with Gasteiger partial charge < -0.3 is 14.4 Å². The highest BCUT2D eigenvalue weighted by atomic mass is 19.1. The number of carbonyl (C=O) groups excluding carboxylic acids is 3. The van der Waals surface area contributed by atoms with Gasteiger partial charge >= 0.3 is 12.1 Å². The fourth-order valence-corrected chi connectivity index (χ4v) is 3.56. The van der Waals surface area contributed by atoms with E-state index in [1.807, 2.05) is 6.07 Å². The maximum atomic E-state index is 14.2. The molecular formula is C25H28F2N2O5. The van der Waals surface area contributed by atoms with E-state index < -0.39 is 29.3 Å². The van der Waals surface area contributed by atoms with E-state index >= 15 is 0 Å². The first-order valence-corrected chi connectivity index (χ1v) is 10.8. The molecule has 1 fully saturated rings. The molecule has 2 amide bonds. The molecule has 0 spiro atoms. The van der Waals surface area contributed by atoms with Crippen molar-refractivity contribution in [2.24, 2.45) is 0 Å². The molecular weight excluding hydrogens is 446 g/mol. The van der Waals surface area contributed by atoms with E-state index in [0.717, 1.165) is 22.6 Å². The monoisotopic (exact) mass is 474 g/mol. The summed E-state index contributed by atoms with van der Waals surface area (Å²) in [5.74, 6) is -2.26. The van der Waals surface area contributed by atoms with Crippen LogP contribution in [0.4, 0.5) is 13.6 Å². The van der Waals surface area contributed by atoms with Crippen molar-refractivity contribution < 1.29 is 32.6 Å². The van der Waals surface area contributed by atoms with Gasteiger partial charge in [0.15, 0.2) is 0 Å². The second kappa shape index (κ2) is 10.2. The van der Waals surface area contributed by atoms with Crippen LogP contribution in [0.5, 0.6) is 0 Å². The molecule has 2 aromatic carbocycles. The molecule has 182 valence electrons. The molecule has 0 unspecified atom stereocenters. The van der Waals surface area contributed by atoms with E-state index in [1.54, 1.807) is 43.9 Å². The zero-order chi connectivity index (χ0) is 25.0. The second-order valence-corrected chi connectivity index (χ2v) is 9.18. The van der Waals surface area contributed by atoms with Crippen LogP contribution >= 0.6 is 0 Å². The summed E-state index contributed by atoms with van der Waals surface area (Å²) in [5.41, 5.74) is 0.597. The van der Waals surface area contributed by atoms with Gasteiger partial charge in [-0.2, -0.15) is 0 Å². The number of hydrogen-bond acceptors (Lipinski definition) is 5. The van der Waals surface area contributed by atoms with Crippen LogP contribution in [0.25, 0.3) is 0 Å². The molecule has 1 saturated heterocycles. The number of rotatable bonds is 6. The van der Waals surface area contributed by atoms with Crippen LogP contribution < -0.4 is 0 Å². The Morgan fingerprint density at radius 3 is 2.41 bits per heavy atom. The summed E-state index contributed by atoms with van der Waals surface area (Å²) >= 11 is 0. The summed E-state index contributed by atoms with van der Waals surface area (Å²) in [7, 11) is 1.31. The number of halogens is 2. The van der Waals surface area contributed by atoms with Crippen molar-refractivity contribution in [1.82, 2.24) is 9.80 Å². The summed E-state index contributed by atoms with van der Waals surface area (Å²) in [6.45, 7) is 5.32. The number of nitrogens with zero attached hydrogens (tertiary/aromatic N) is 2. The first-order valence-electron chi connectivity index (χ1n) is 10.8. The third-order valence-corrected chi connectivity index (χ3v) is 5.37. The zero-order valence-corrected chi connectivity index (χ0v) is 19.6. The summed E-state index contributed by atoms with van der Waals surface area (Å²) in [6.07, 6.45) is -0.771. The number of benzene rings is 2. The summed E-state index contributed by atoms with van der Waals surface area (Å²) in [5, 5.41) is 0. The predicted molar refractivity (Wildman–Crippen MR) is 120 cm³/mol. The van der Waals surface area contributed by atoms with Crippen LogP contribution in [0.1, 0.15) is 48.2 Å². The molecule has 34 heavy (non-hydrogen) atoms. The highest BCUT2D eigenvalue weighted by Gasteiger charge is 2.34. The number of methoxy groups -OCH3 is 1.